The van der Waals surface area contributed by atoms with E-state index < -0.39 is 23.8 Å². The van der Waals surface area contributed by atoms with Crippen LogP contribution in [0.25, 0.3) is 11.4 Å². The first kappa shape index (κ1) is 24.1. The Labute approximate surface area is 203 Å². The minimum absolute atomic E-state index is 0.0610. The smallest absolute Gasteiger partial charge is 0.270 e. The largest absolute Gasteiger partial charge is 0.368 e. The Balaban J connectivity index is 1.44. The van der Waals surface area contributed by atoms with Crippen LogP contribution in [0.2, 0.25) is 0 Å². The number of carbonyl (C=O) groups excluding carboxylic acids is 3. The number of tetrazole rings is 1. The zero-order chi connectivity index (χ0) is 25.7. The van der Waals surface area contributed by atoms with Crippen molar-refractivity contribution in [1.82, 2.24) is 41.2 Å². The predicted molar refractivity (Wildman–Crippen MR) is 123 cm³/mol. The van der Waals surface area contributed by atoms with Crippen molar-refractivity contribution in [2.45, 2.75) is 19.5 Å². The van der Waals surface area contributed by atoms with Gasteiger partial charge in [-0.2, -0.15) is 5.21 Å². The molecule has 0 saturated heterocycles. The van der Waals surface area contributed by atoms with Crippen LogP contribution in [0.15, 0.2) is 54.9 Å². The molecule has 0 aliphatic rings. The number of carbonyl (C=O) groups is 3. The molecule has 0 spiro atoms. The van der Waals surface area contributed by atoms with Crippen molar-refractivity contribution >= 4 is 17.7 Å². The second-order valence-electron chi connectivity index (χ2n) is 7.72. The summed E-state index contributed by atoms with van der Waals surface area (Å²) in [5.74, 6) is -2.06. The molecule has 5 N–H and O–H groups in total. The van der Waals surface area contributed by atoms with Crippen LogP contribution in [0, 0.1) is 12.7 Å². The predicted octanol–water partition coefficient (Wildman–Crippen LogP) is 0.991. The summed E-state index contributed by atoms with van der Waals surface area (Å²) in [6.45, 7) is 1.76. The van der Waals surface area contributed by atoms with Crippen LogP contribution >= 0.6 is 0 Å². The molecule has 13 heteroatoms. The van der Waals surface area contributed by atoms with Crippen molar-refractivity contribution in [3.8, 4) is 11.4 Å². The van der Waals surface area contributed by atoms with Crippen molar-refractivity contribution < 1.29 is 18.8 Å². The van der Waals surface area contributed by atoms with E-state index in [9.17, 15) is 18.8 Å². The van der Waals surface area contributed by atoms with Crippen LogP contribution in [0.5, 0.6) is 0 Å². The van der Waals surface area contributed by atoms with Gasteiger partial charge in [0.2, 0.25) is 11.7 Å². The maximum atomic E-state index is 13.4. The van der Waals surface area contributed by atoms with Gasteiger partial charge in [0.25, 0.3) is 11.8 Å². The van der Waals surface area contributed by atoms with Gasteiger partial charge < -0.3 is 16.4 Å². The molecule has 0 unspecified atom stereocenters. The summed E-state index contributed by atoms with van der Waals surface area (Å²) in [6.07, 6.45) is 1.06. The Kier molecular flexibility index (Phi) is 6.99. The first-order valence-electron chi connectivity index (χ1n) is 10.6. The van der Waals surface area contributed by atoms with Crippen molar-refractivity contribution in [3.05, 3.63) is 88.8 Å². The number of benzene rings is 2. The van der Waals surface area contributed by atoms with E-state index in [0.717, 1.165) is 6.33 Å². The summed E-state index contributed by atoms with van der Waals surface area (Å²) in [5, 5.41) is 18.8. The average molecular weight is 489 g/mol. The van der Waals surface area contributed by atoms with E-state index in [1.807, 2.05) is 0 Å². The lowest BCUT2D eigenvalue weighted by Gasteiger charge is -2.16. The van der Waals surface area contributed by atoms with Crippen LogP contribution in [-0.2, 0) is 11.3 Å². The van der Waals surface area contributed by atoms with Crippen LogP contribution < -0.4 is 16.4 Å². The van der Waals surface area contributed by atoms with E-state index in [-0.39, 0.29) is 23.7 Å². The Morgan fingerprint density at radius 3 is 2.39 bits per heavy atom. The van der Waals surface area contributed by atoms with Crippen LogP contribution in [0.4, 0.5) is 4.39 Å². The number of halogens is 1. The Hall–Kier alpha value is -5.07. The van der Waals surface area contributed by atoms with Crippen LogP contribution in [0.3, 0.4) is 0 Å². The number of aromatic nitrogens is 6. The third-order valence-corrected chi connectivity index (χ3v) is 5.22. The normalized spacial score (nSPS) is 11.5. The number of primary amides is 1. The van der Waals surface area contributed by atoms with E-state index in [2.05, 4.69) is 41.2 Å². The molecule has 3 amide bonds. The molecule has 0 radical (unpaired) electrons. The molecule has 182 valence electrons. The van der Waals surface area contributed by atoms with Gasteiger partial charge in [-0.25, -0.2) is 14.4 Å². The van der Waals surface area contributed by atoms with Crippen molar-refractivity contribution in [2.75, 3.05) is 0 Å². The van der Waals surface area contributed by atoms with Gasteiger partial charge in [-0.1, -0.05) is 36.4 Å². The molecule has 4 aromatic rings. The lowest BCUT2D eigenvalue weighted by atomic mass is 10.0. The summed E-state index contributed by atoms with van der Waals surface area (Å²) in [6, 6.07) is 11.0. The number of aromatic amines is 1. The second-order valence-corrected chi connectivity index (χ2v) is 7.72. The number of aryl methyl sites for hydroxylation is 1. The molecule has 1 atom stereocenters. The van der Waals surface area contributed by atoms with E-state index in [1.54, 1.807) is 43.3 Å². The maximum absolute atomic E-state index is 13.4. The second kappa shape index (κ2) is 10.5. The standard InChI is InChI=1S/C23H20FN9O3/c1-12-8-13(2-7-16(12)24)10-26-22(35)17-9-18(28-11-27-17)23(36)29-19(20(25)34)14-3-5-15(6-4-14)21-30-32-33-31-21/h2-9,11,19H,10H2,1H3,(H2,25,34)(H,26,35)(H,29,36)(H,30,31,32,33)/t19-/m1/s1. The molecular formula is C23H20FN9O3. The van der Waals surface area contributed by atoms with Gasteiger partial charge in [0.15, 0.2) is 0 Å². The number of hydrogen-bond acceptors (Lipinski definition) is 8. The lowest BCUT2D eigenvalue weighted by Crippen LogP contribution is -2.38. The fourth-order valence-electron chi connectivity index (χ4n) is 3.33. The molecule has 0 aliphatic carbocycles. The number of H-pyrrole nitrogens is 1. The lowest BCUT2D eigenvalue weighted by molar-refractivity contribution is -0.120. The monoisotopic (exact) mass is 489 g/mol. The van der Waals surface area contributed by atoms with E-state index >= 15 is 0 Å². The van der Waals surface area contributed by atoms with Crippen molar-refractivity contribution in [3.63, 3.8) is 0 Å². The number of nitrogens with two attached hydrogens (primary N) is 1. The quantitative estimate of drug-likeness (QED) is 0.283. The molecule has 2 aromatic heterocycles. The number of nitrogens with one attached hydrogen (secondary N) is 3. The van der Waals surface area contributed by atoms with Gasteiger partial charge in [-0.05, 0) is 34.9 Å². The summed E-state index contributed by atoms with van der Waals surface area (Å²) in [5.41, 5.74) is 7.53. The van der Waals surface area contributed by atoms with Gasteiger partial charge in [0.05, 0.1) is 0 Å². The van der Waals surface area contributed by atoms with E-state index in [0.29, 0.717) is 28.1 Å². The summed E-state index contributed by atoms with van der Waals surface area (Å²) >= 11 is 0. The SMILES string of the molecule is Cc1cc(CNC(=O)c2cc(C(=O)N[C@@H](C(N)=O)c3ccc(-c4nn[nH]n4)cc3)ncn2)ccc1F. The number of rotatable bonds is 8. The molecule has 36 heavy (non-hydrogen) atoms. The third kappa shape index (κ3) is 5.52. The number of hydrogen-bond donors (Lipinski definition) is 4. The number of amides is 3. The minimum atomic E-state index is -1.16. The topological polar surface area (TPSA) is 182 Å². The molecule has 0 aliphatic heterocycles. The first-order chi connectivity index (χ1) is 17.3. The van der Waals surface area contributed by atoms with Crippen molar-refractivity contribution in [2.24, 2.45) is 5.73 Å². The van der Waals surface area contributed by atoms with Crippen LogP contribution in [0.1, 0.15) is 43.7 Å². The van der Waals surface area contributed by atoms with Crippen LogP contribution in [-0.4, -0.2) is 48.3 Å². The van der Waals surface area contributed by atoms with Crippen molar-refractivity contribution in [1.29, 1.82) is 0 Å². The van der Waals surface area contributed by atoms with Gasteiger partial charge in [-0.3, -0.25) is 14.4 Å². The minimum Gasteiger partial charge on any atom is -0.368 e. The highest BCUT2D eigenvalue weighted by Gasteiger charge is 2.23. The Morgan fingerprint density at radius 2 is 1.75 bits per heavy atom. The Morgan fingerprint density at radius 1 is 1.03 bits per heavy atom. The average Bonchev–Trinajstić information content (AvgIpc) is 3.43. The highest BCUT2D eigenvalue weighted by Crippen LogP contribution is 2.19. The molecule has 0 bridgehead atoms. The highest BCUT2D eigenvalue weighted by atomic mass is 19.1. The fraction of sp³-hybridized carbons (Fsp3) is 0.130. The third-order valence-electron chi connectivity index (χ3n) is 5.22. The molecular weight excluding hydrogens is 469 g/mol. The molecule has 0 saturated carbocycles. The zero-order valence-electron chi connectivity index (χ0n) is 18.9. The van der Waals surface area contributed by atoms with Gasteiger partial charge in [-0.15, -0.1) is 10.2 Å². The van der Waals surface area contributed by atoms with Gasteiger partial charge in [0.1, 0.15) is 29.6 Å². The molecule has 2 aromatic carbocycles. The zero-order valence-corrected chi connectivity index (χ0v) is 18.9. The summed E-state index contributed by atoms with van der Waals surface area (Å²) in [7, 11) is 0. The van der Waals surface area contributed by atoms with E-state index in [1.165, 1.54) is 12.1 Å². The highest BCUT2D eigenvalue weighted by molar-refractivity contribution is 5.99. The van der Waals surface area contributed by atoms with E-state index in [4.69, 9.17) is 5.73 Å². The fourth-order valence-corrected chi connectivity index (χ4v) is 3.33. The maximum Gasteiger partial charge on any atom is 0.270 e. The molecule has 4 rings (SSSR count). The molecule has 0 fully saturated rings. The molecule has 12 nitrogen and oxygen atoms in total. The summed E-state index contributed by atoms with van der Waals surface area (Å²) < 4.78 is 13.4. The number of nitrogens with zero attached hydrogens (tertiary/aromatic N) is 5. The Bertz CT molecular complexity index is 1410. The van der Waals surface area contributed by atoms with Gasteiger partial charge in [0, 0.05) is 18.2 Å². The molecule has 2 heterocycles. The first-order valence-corrected chi connectivity index (χ1v) is 10.6. The van der Waals surface area contributed by atoms with Gasteiger partial charge >= 0.3 is 0 Å². The summed E-state index contributed by atoms with van der Waals surface area (Å²) in [4.78, 5) is 45.2.